The standard InChI is InChI=1S/C9H19B2O5/c1-9(12)7(16-11-2)6(4-14-5-10)15-8(9)13-3/h6-8,10-12H,4-5H2,1-3H3/t6-,7-,8?,9-/m1/s1/i10D,11D. The molecule has 0 aliphatic carbocycles. The zero-order chi connectivity index (χ0) is 13.8. The first-order valence-corrected chi connectivity index (χ1v) is 5.19. The number of aliphatic hydroxyl groups is 1. The van der Waals surface area contributed by atoms with Crippen LogP contribution in [-0.4, -0.2) is 67.4 Å². The van der Waals surface area contributed by atoms with Crippen LogP contribution in [0.25, 0.3) is 0 Å². The quantitative estimate of drug-likeness (QED) is 0.439. The van der Waals surface area contributed by atoms with Crippen molar-refractivity contribution in [2.45, 2.75) is 37.8 Å². The van der Waals surface area contributed by atoms with Gasteiger partial charge < -0.3 is 24.0 Å². The summed E-state index contributed by atoms with van der Waals surface area (Å²) in [5, 5.41) is 10.3. The summed E-state index contributed by atoms with van der Waals surface area (Å²) in [7, 11) is 1.77. The van der Waals surface area contributed by atoms with E-state index in [1.807, 2.05) is 0 Å². The predicted octanol–water partition coefficient (Wildman–Crippen LogP) is -1.23. The van der Waals surface area contributed by atoms with Gasteiger partial charge in [0, 0.05) is 15.0 Å². The lowest BCUT2D eigenvalue weighted by atomic mass is 9.94. The first kappa shape index (κ1) is 11.0. The van der Waals surface area contributed by atoms with Crippen LogP contribution < -0.4 is 0 Å². The molecule has 0 bridgehead atoms. The first-order chi connectivity index (χ1) is 8.43. The molecular weight excluding hydrogens is 210 g/mol. The fraction of sp³-hybridized carbons (Fsp3) is 1.00. The maximum atomic E-state index is 10.3. The lowest BCUT2D eigenvalue weighted by molar-refractivity contribution is -0.187. The molecule has 91 valence electrons. The highest BCUT2D eigenvalue weighted by Gasteiger charge is 2.53. The summed E-state index contributed by atoms with van der Waals surface area (Å²) in [4.78, 5) is 0. The molecule has 0 aromatic carbocycles. The average Bonchev–Trinajstić information content (AvgIpc) is 2.52. The third kappa shape index (κ3) is 2.78. The van der Waals surface area contributed by atoms with Crippen molar-refractivity contribution in [2.24, 2.45) is 0 Å². The highest BCUT2D eigenvalue weighted by atomic mass is 16.7. The van der Waals surface area contributed by atoms with Crippen molar-refractivity contribution in [1.29, 1.82) is 2.67 Å². The van der Waals surface area contributed by atoms with Gasteiger partial charge in [0.1, 0.15) is 25.6 Å². The molecule has 1 unspecified atom stereocenters. The maximum Gasteiger partial charge on any atom is 0.272 e. The van der Waals surface area contributed by atoms with Gasteiger partial charge in [-0.05, 0) is 8.26 Å². The van der Waals surface area contributed by atoms with Gasteiger partial charge >= 0.3 is 0 Å². The summed E-state index contributed by atoms with van der Waals surface area (Å²) in [6.45, 7) is 3.45. The second-order valence-electron chi connectivity index (χ2n) is 3.80. The number of hydrogen-bond donors (Lipinski definition) is 1. The number of rotatable bonds is 7. The summed E-state index contributed by atoms with van der Waals surface area (Å²) < 4.78 is 35.4. The number of hydrogen-bond acceptors (Lipinski definition) is 5. The fourth-order valence-electron chi connectivity index (χ4n) is 1.86. The molecule has 4 atom stereocenters. The SMILES string of the molecule is [2H][B]COC[C@H]1OC(OC)[C@](C)(O)[C@@H]1OB([2H])C. The third-order valence-corrected chi connectivity index (χ3v) is 2.59. The Morgan fingerprint density at radius 1 is 1.75 bits per heavy atom. The largest absolute Gasteiger partial charge is 0.432 e. The molecule has 1 rings (SSSR count). The third-order valence-electron chi connectivity index (χ3n) is 2.59. The Bertz CT molecular complexity index is 257. The molecular formula is C9H19B2O5. The van der Waals surface area contributed by atoms with Crippen LogP contribution in [0.5, 0.6) is 0 Å². The van der Waals surface area contributed by atoms with Crippen LogP contribution >= 0.6 is 0 Å². The second kappa shape index (κ2) is 6.02. The molecule has 1 N–H and O–H groups in total. The molecule has 0 amide bonds. The van der Waals surface area contributed by atoms with Crippen molar-refractivity contribution >= 4 is 15.3 Å². The Balaban J connectivity index is 2.68. The highest BCUT2D eigenvalue weighted by molar-refractivity contribution is 6.24. The van der Waals surface area contributed by atoms with Gasteiger partial charge in [-0.25, -0.2) is 0 Å². The van der Waals surface area contributed by atoms with Gasteiger partial charge in [-0.3, -0.25) is 0 Å². The van der Waals surface area contributed by atoms with Gasteiger partial charge in [-0.1, -0.05) is 6.82 Å². The molecule has 0 aromatic rings. The van der Waals surface area contributed by atoms with E-state index < -0.39 is 31.5 Å². The van der Waals surface area contributed by atoms with Crippen molar-refractivity contribution in [3.8, 4) is 0 Å². The van der Waals surface area contributed by atoms with Crippen LogP contribution in [0.3, 0.4) is 0 Å². The molecule has 1 heterocycles. The molecule has 1 aliphatic rings. The molecule has 1 aliphatic heterocycles. The van der Waals surface area contributed by atoms with Crippen molar-refractivity contribution < 1.29 is 24.0 Å². The van der Waals surface area contributed by atoms with E-state index in [0.29, 0.717) is 0 Å². The Morgan fingerprint density at radius 2 is 2.50 bits per heavy atom. The molecule has 0 spiro atoms. The lowest BCUT2D eigenvalue weighted by Gasteiger charge is -2.29. The summed E-state index contributed by atoms with van der Waals surface area (Å²) >= 11 is 0. The molecule has 16 heavy (non-hydrogen) atoms. The van der Waals surface area contributed by atoms with E-state index in [4.69, 9.17) is 21.5 Å². The van der Waals surface area contributed by atoms with Gasteiger partial charge in [0.2, 0.25) is 0 Å². The Labute approximate surface area is 101 Å². The molecule has 5 nitrogen and oxygen atoms in total. The van der Waals surface area contributed by atoms with E-state index in [2.05, 4.69) is 0 Å². The zero-order valence-electron chi connectivity index (χ0n) is 11.9. The monoisotopic (exact) mass is 231 g/mol. The minimum atomic E-state index is -1.34. The second-order valence-corrected chi connectivity index (χ2v) is 3.80. The van der Waals surface area contributed by atoms with E-state index >= 15 is 0 Å². The molecule has 1 radical (unpaired) electrons. The summed E-state index contributed by atoms with van der Waals surface area (Å²) in [6, 6.07) is 0. The molecule has 0 aromatic heterocycles. The first-order valence-electron chi connectivity index (χ1n) is 6.35. The molecule has 1 fully saturated rings. The van der Waals surface area contributed by atoms with Crippen LogP contribution in [0.4, 0.5) is 0 Å². The van der Waals surface area contributed by atoms with Crippen LogP contribution in [0.2, 0.25) is 6.82 Å². The van der Waals surface area contributed by atoms with Crippen molar-refractivity contribution in [2.75, 3.05) is 20.2 Å². The average molecular weight is 231 g/mol. The van der Waals surface area contributed by atoms with E-state index in [-0.39, 0.29) is 13.1 Å². The van der Waals surface area contributed by atoms with Crippen LogP contribution in [-0.2, 0) is 18.9 Å². The normalized spacial score (nSPS) is 40.4. The summed E-state index contributed by atoms with van der Waals surface area (Å²) in [5.74, 6) is 0. The van der Waals surface area contributed by atoms with Crippen LogP contribution in [0.15, 0.2) is 0 Å². The van der Waals surface area contributed by atoms with Gasteiger partial charge in [0.05, 0.1) is 6.61 Å². The molecule has 1 saturated heterocycles. The predicted molar refractivity (Wildman–Crippen MR) is 62.1 cm³/mol. The Morgan fingerprint density at radius 3 is 3.06 bits per heavy atom. The van der Waals surface area contributed by atoms with E-state index in [1.54, 1.807) is 13.7 Å². The lowest BCUT2D eigenvalue weighted by Crippen LogP contribution is -2.48. The van der Waals surface area contributed by atoms with Gasteiger partial charge in [0.15, 0.2) is 6.29 Å². The molecule has 0 saturated carbocycles. The minimum Gasteiger partial charge on any atom is -0.432 e. The van der Waals surface area contributed by atoms with E-state index in [0.717, 1.165) is 7.81 Å². The topological polar surface area (TPSA) is 57.2 Å². The van der Waals surface area contributed by atoms with Crippen molar-refractivity contribution in [3.05, 3.63) is 0 Å². The highest BCUT2D eigenvalue weighted by Crippen LogP contribution is 2.33. The number of ether oxygens (including phenoxy) is 3. The maximum absolute atomic E-state index is 10.3. The van der Waals surface area contributed by atoms with E-state index in [1.165, 1.54) is 7.11 Å². The Kier molecular flexibility index (Phi) is 4.16. The van der Waals surface area contributed by atoms with Gasteiger partial charge in [-0.15, -0.1) is 0 Å². The van der Waals surface area contributed by atoms with Gasteiger partial charge in [-0.2, -0.15) is 0 Å². The van der Waals surface area contributed by atoms with Crippen LogP contribution in [0, 0.1) is 0 Å². The fourth-order valence-corrected chi connectivity index (χ4v) is 1.86. The van der Waals surface area contributed by atoms with E-state index in [9.17, 15) is 5.11 Å². The Hall–Kier alpha value is -0.0701. The van der Waals surface area contributed by atoms with Gasteiger partial charge in [0.25, 0.3) is 7.45 Å². The summed E-state index contributed by atoms with van der Waals surface area (Å²) in [6.07, 6.45) is -2.06. The van der Waals surface area contributed by atoms with Crippen molar-refractivity contribution in [3.63, 3.8) is 0 Å². The van der Waals surface area contributed by atoms with Crippen LogP contribution in [0.1, 0.15) is 6.92 Å². The smallest absolute Gasteiger partial charge is 0.272 e. The molecule has 7 heteroatoms. The number of methoxy groups -OCH3 is 1. The summed E-state index contributed by atoms with van der Waals surface area (Å²) in [5.41, 5.74) is -1.34. The van der Waals surface area contributed by atoms with Crippen molar-refractivity contribution in [1.82, 2.24) is 0 Å². The minimum absolute atomic E-state index is 0.169. The zero-order valence-corrected chi connectivity index (χ0v) is 9.88.